The maximum atomic E-state index is 13.0. The Labute approximate surface area is 143 Å². The number of aryl methyl sites for hydroxylation is 1. The number of thiophene rings is 1. The van der Waals surface area contributed by atoms with E-state index in [0.717, 1.165) is 4.88 Å². The Balaban J connectivity index is 1.78. The van der Waals surface area contributed by atoms with E-state index in [4.69, 9.17) is 4.42 Å². The Morgan fingerprint density at radius 1 is 1.21 bits per heavy atom. The lowest BCUT2D eigenvalue weighted by Gasteiger charge is -2.09. The van der Waals surface area contributed by atoms with E-state index in [0.29, 0.717) is 11.3 Å². The number of aromatic nitrogens is 1. The van der Waals surface area contributed by atoms with Crippen LogP contribution in [0.2, 0.25) is 0 Å². The predicted octanol–water partition coefficient (Wildman–Crippen LogP) is 3.89. The Bertz CT molecular complexity index is 946. The van der Waals surface area contributed by atoms with Crippen LogP contribution >= 0.6 is 11.3 Å². The molecule has 0 bridgehead atoms. The number of benzene rings is 1. The van der Waals surface area contributed by atoms with Gasteiger partial charge in [-0.2, -0.15) is 4.72 Å². The lowest BCUT2D eigenvalue weighted by Crippen LogP contribution is -2.26. The molecule has 0 aliphatic heterocycles. The Morgan fingerprint density at radius 3 is 2.54 bits per heavy atom. The van der Waals surface area contributed by atoms with Crippen molar-refractivity contribution in [1.82, 2.24) is 9.71 Å². The zero-order valence-electron chi connectivity index (χ0n) is 13.0. The van der Waals surface area contributed by atoms with Gasteiger partial charge >= 0.3 is 0 Å². The minimum Gasteiger partial charge on any atom is -0.439 e. The molecule has 0 radical (unpaired) electrons. The van der Waals surface area contributed by atoms with Crippen molar-refractivity contribution in [3.8, 4) is 11.3 Å². The number of halogens is 1. The van der Waals surface area contributed by atoms with Gasteiger partial charge in [-0.1, -0.05) is 0 Å². The summed E-state index contributed by atoms with van der Waals surface area (Å²) in [7, 11) is -3.63. The number of nitrogens with one attached hydrogen (secondary N) is 1. The Hall–Kier alpha value is -2.03. The maximum absolute atomic E-state index is 13.0. The zero-order chi connectivity index (χ0) is 17.3. The van der Waals surface area contributed by atoms with Gasteiger partial charge < -0.3 is 4.42 Å². The standard InChI is InChI=1S/C16H15FN2O3S2/c1-10-3-8-15(23-10)24(20,21)19-11(2)16-18-9-14(22-16)12-4-6-13(17)7-5-12/h3-9,11,19H,1-2H3. The van der Waals surface area contributed by atoms with Gasteiger partial charge in [0.15, 0.2) is 5.76 Å². The van der Waals surface area contributed by atoms with Gasteiger partial charge in [0.1, 0.15) is 10.0 Å². The van der Waals surface area contributed by atoms with Gasteiger partial charge in [0.2, 0.25) is 5.89 Å². The second-order valence-corrected chi connectivity index (χ2v) is 8.51. The number of nitrogens with zero attached hydrogens (tertiary/aromatic N) is 1. The quantitative estimate of drug-likeness (QED) is 0.743. The van der Waals surface area contributed by atoms with E-state index < -0.39 is 16.1 Å². The second-order valence-electron chi connectivity index (χ2n) is 5.28. The van der Waals surface area contributed by atoms with Crippen LogP contribution in [0.1, 0.15) is 23.7 Å². The van der Waals surface area contributed by atoms with Crippen LogP contribution < -0.4 is 4.72 Å². The van der Waals surface area contributed by atoms with E-state index >= 15 is 0 Å². The molecule has 0 fully saturated rings. The van der Waals surface area contributed by atoms with E-state index in [1.54, 1.807) is 31.2 Å². The van der Waals surface area contributed by atoms with Crippen LogP contribution in [0.3, 0.4) is 0 Å². The fourth-order valence-electron chi connectivity index (χ4n) is 2.13. The molecule has 0 aliphatic rings. The van der Waals surface area contributed by atoms with Gasteiger partial charge in [0.05, 0.1) is 12.2 Å². The van der Waals surface area contributed by atoms with Crippen LogP contribution in [0.15, 0.2) is 51.2 Å². The van der Waals surface area contributed by atoms with Crippen LogP contribution in [0.4, 0.5) is 4.39 Å². The summed E-state index contributed by atoms with van der Waals surface area (Å²) in [6.45, 7) is 3.49. The normalized spacial score (nSPS) is 13.1. The molecular formula is C16H15FN2O3S2. The third-order valence-corrected chi connectivity index (χ3v) is 6.37. The molecule has 1 atom stereocenters. The molecule has 0 aliphatic carbocycles. The number of rotatable bonds is 5. The van der Waals surface area contributed by atoms with Crippen molar-refractivity contribution < 1.29 is 17.2 Å². The van der Waals surface area contributed by atoms with E-state index in [1.807, 2.05) is 6.92 Å². The molecule has 2 aromatic heterocycles. The lowest BCUT2D eigenvalue weighted by atomic mass is 10.2. The SMILES string of the molecule is Cc1ccc(S(=O)(=O)NC(C)c2ncc(-c3ccc(F)cc3)o2)s1. The molecule has 5 nitrogen and oxygen atoms in total. The number of sulfonamides is 1. The summed E-state index contributed by atoms with van der Waals surface area (Å²) in [5, 5.41) is 0. The van der Waals surface area contributed by atoms with Crippen LogP contribution in [0.25, 0.3) is 11.3 Å². The Morgan fingerprint density at radius 2 is 1.92 bits per heavy atom. The molecule has 1 N–H and O–H groups in total. The third-order valence-electron chi connectivity index (χ3n) is 3.34. The second kappa shape index (κ2) is 6.46. The molecule has 8 heteroatoms. The summed E-state index contributed by atoms with van der Waals surface area (Å²) in [6, 6.07) is 8.47. The van der Waals surface area contributed by atoms with Crippen molar-refractivity contribution in [3.05, 3.63) is 59.2 Å². The first-order chi connectivity index (χ1) is 11.3. The predicted molar refractivity (Wildman–Crippen MR) is 89.7 cm³/mol. The average molecular weight is 366 g/mol. The van der Waals surface area contributed by atoms with Crippen molar-refractivity contribution in [2.45, 2.75) is 24.1 Å². The first-order valence-corrected chi connectivity index (χ1v) is 9.45. The molecule has 0 saturated carbocycles. The number of hydrogen-bond acceptors (Lipinski definition) is 5. The maximum Gasteiger partial charge on any atom is 0.250 e. The van der Waals surface area contributed by atoms with Gasteiger partial charge in [0.25, 0.3) is 10.0 Å². The van der Waals surface area contributed by atoms with Gasteiger partial charge in [-0.3, -0.25) is 0 Å². The fourth-order valence-corrected chi connectivity index (χ4v) is 4.63. The largest absolute Gasteiger partial charge is 0.439 e. The van der Waals surface area contributed by atoms with Crippen molar-refractivity contribution in [3.63, 3.8) is 0 Å². The number of hydrogen-bond donors (Lipinski definition) is 1. The van der Waals surface area contributed by atoms with E-state index in [1.165, 1.54) is 29.7 Å². The Kier molecular flexibility index (Phi) is 4.53. The van der Waals surface area contributed by atoms with E-state index in [-0.39, 0.29) is 15.9 Å². The van der Waals surface area contributed by atoms with Crippen LogP contribution in [-0.4, -0.2) is 13.4 Å². The fraction of sp³-hybridized carbons (Fsp3) is 0.188. The van der Waals surface area contributed by atoms with Gasteiger partial charge in [-0.15, -0.1) is 11.3 Å². The van der Waals surface area contributed by atoms with Crippen molar-refractivity contribution >= 4 is 21.4 Å². The van der Waals surface area contributed by atoms with E-state index in [2.05, 4.69) is 9.71 Å². The van der Waals surface area contributed by atoms with Gasteiger partial charge in [-0.05, 0) is 50.2 Å². The average Bonchev–Trinajstić information content (AvgIpc) is 3.17. The van der Waals surface area contributed by atoms with E-state index in [9.17, 15) is 12.8 Å². The highest BCUT2D eigenvalue weighted by atomic mass is 32.2. The molecule has 3 rings (SSSR count). The summed E-state index contributed by atoms with van der Waals surface area (Å²) in [5.74, 6) is 0.347. The smallest absolute Gasteiger partial charge is 0.250 e. The van der Waals surface area contributed by atoms with Crippen molar-refractivity contribution in [2.75, 3.05) is 0 Å². The zero-order valence-corrected chi connectivity index (χ0v) is 14.6. The minimum absolute atomic E-state index is 0.242. The van der Waals surface area contributed by atoms with Crippen molar-refractivity contribution in [2.24, 2.45) is 0 Å². The molecule has 1 unspecified atom stereocenters. The highest BCUT2D eigenvalue weighted by Crippen LogP contribution is 2.26. The third kappa shape index (κ3) is 3.55. The topological polar surface area (TPSA) is 72.2 Å². The summed E-state index contributed by atoms with van der Waals surface area (Å²) in [4.78, 5) is 5.03. The first kappa shape index (κ1) is 16.8. The molecule has 126 valence electrons. The summed E-state index contributed by atoms with van der Waals surface area (Å²) < 4.78 is 46.0. The molecule has 1 aromatic carbocycles. The summed E-state index contributed by atoms with van der Waals surface area (Å²) in [5.41, 5.74) is 0.666. The molecule has 0 spiro atoms. The van der Waals surface area contributed by atoms with Gasteiger partial charge in [0, 0.05) is 10.4 Å². The minimum atomic E-state index is -3.63. The van der Waals surface area contributed by atoms with Crippen LogP contribution in [0.5, 0.6) is 0 Å². The first-order valence-electron chi connectivity index (χ1n) is 7.15. The van der Waals surface area contributed by atoms with Gasteiger partial charge in [-0.25, -0.2) is 17.8 Å². The molecular weight excluding hydrogens is 351 g/mol. The van der Waals surface area contributed by atoms with Crippen LogP contribution in [0, 0.1) is 12.7 Å². The van der Waals surface area contributed by atoms with Crippen LogP contribution in [-0.2, 0) is 10.0 Å². The van der Waals surface area contributed by atoms with Crippen molar-refractivity contribution in [1.29, 1.82) is 0 Å². The summed E-state index contributed by atoms with van der Waals surface area (Å²) in [6.07, 6.45) is 1.49. The molecule has 24 heavy (non-hydrogen) atoms. The molecule has 0 amide bonds. The monoisotopic (exact) mass is 366 g/mol. The molecule has 0 saturated heterocycles. The number of oxazole rings is 1. The molecule has 3 aromatic rings. The highest BCUT2D eigenvalue weighted by Gasteiger charge is 2.23. The summed E-state index contributed by atoms with van der Waals surface area (Å²) >= 11 is 1.20. The lowest BCUT2D eigenvalue weighted by molar-refractivity contribution is 0.452. The highest BCUT2D eigenvalue weighted by molar-refractivity contribution is 7.91. The molecule has 2 heterocycles.